The number of aromatic hydroxyl groups is 1. The molecular weight excluding hydrogens is 478 g/mol. The number of aromatic nitrogens is 3. The Labute approximate surface area is 209 Å². The molecule has 0 fully saturated rings. The van der Waals surface area contributed by atoms with Gasteiger partial charge in [0, 0.05) is 5.39 Å². The highest BCUT2D eigenvalue weighted by atomic mass is 32.2. The van der Waals surface area contributed by atoms with Gasteiger partial charge in [0.15, 0.2) is 10.8 Å². The number of benzene rings is 3. The number of fused-ring (bicyclic) bond motifs is 2. The lowest BCUT2D eigenvalue weighted by atomic mass is 10.2. The quantitative estimate of drug-likeness (QED) is 0.176. The Kier molecular flexibility index (Phi) is 6.50. The molecule has 0 saturated heterocycles. The highest BCUT2D eigenvalue weighted by molar-refractivity contribution is 7.99. The molecule has 0 spiro atoms. The van der Waals surface area contributed by atoms with E-state index in [1.54, 1.807) is 66.7 Å². The van der Waals surface area contributed by atoms with Crippen molar-refractivity contribution < 1.29 is 14.6 Å². The number of carbonyl (C=O) groups is 1. The average Bonchev–Trinajstić information content (AvgIpc) is 3.22. The summed E-state index contributed by atoms with van der Waals surface area (Å²) in [5, 5.41) is 19.3. The molecular formula is C26H21N5O4S. The van der Waals surface area contributed by atoms with Gasteiger partial charge in [-0.25, -0.2) is 4.98 Å². The van der Waals surface area contributed by atoms with Gasteiger partial charge in [-0.3, -0.25) is 14.2 Å². The number of hydrogen-bond acceptors (Lipinski definition) is 7. The molecule has 2 heterocycles. The van der Waals surface area contributed by atoms with Crippen molar-refractivity contribution in [3.05, 3.63) is 83.2 Å². The van der Waals surface area contributed by atoms with Gasteiger partial charge in [0.05, 0.1) is 34.5 Å². The number of ether oxygens (including phenoxy) is 1. The summed E-state index contributed by atoms with van der Waals surface area (Å²) in [7, 11) is 0. The predicted molar refractivity (Wildman–Crippen MR) is 139 cm³/mol. The van der Waals surface area contributed by atoms with Crippen LogP contribution in [-0.2, 0) is 4.79 Å². The number of carbonyl (C=O) groups excluding carboxylic acids is 1. The van der Waals surface area contributed by atoms with Crippen LogP contribution in [0.5, 0.6) is 11.6 Å². The second kappa shape index (κ2) is 10.0. The topological polar surface area (TPSA) is 122 Å². The Bertz CT molecular complexity index is 1660. The Morgan fingerprint density at radius 2 is 1.78 bits per heavy atom. The fourth-order valence-corrected chi connectivity index (χ4v) is 4.56. The lowest BCUT2D eigenvalue weighted by Gasteiger charge is -2.13. The molecule has 5 rings (SSSR count). The molecule has 2 aromatic heterocycles. The Hall–Kier alpha value is -4.44. The molecule has 0 radical (unpaired) electrons. The largest absolute Gasteiger partial charge is 0.494 e. The number of aromatic amines is 1. The van der Waals surface area contributed by atoms with Crippen molar-refractivity contribution in [3.8, 4) is 17.3 Å². The van der Waals surface area contributed by atoms with Gasteiger partial charge in [-0.05, 0) is 49.4 Å². The summed E-state index contributed by atoms with van der Waals surface area (Å²) >= 11 is 1.09. The van der Waals surface area contributed by atoms with E-state index in [1.165, 1.54) is 4.57 Å². The molecule has 0 bridgehead atoms. The number of amides is 1. The zero-order valence-corrected chi connectivity index (χ0v) is 20.0. The highest BCUT2D eigenvalue weighted by Gasteiger charge is 2.16. The van der Waals surface area contributed by atoms with E-state index in [2.05, 4.69) is 20.2 Å². The summed E-state index contributed by atoms with van der Waals surface area (Å²) in [4.78, 5) is 33.4. The van der Waals surface area contributed by atoms with Gasteiger partial charge >= 0.3 is 0 Å². The second-order valence-corrected chi connectivity index (χ2v) is 8.67. The molecule has 10 heteroatoms. The third-order valence-electron chi connectivity index (χ3n) is 5.40. The van der Waals surface area contributed by atoms with E-state index in [0.29, 0.717) is 45.0 Å². The molecule has 5 aromatic rings. The van der Waals surface area contributed by atoms with Gasteiger partial charge in [0.25, 0.3) is 11.5 Å². The monoisotopic (exact) mass is 499 g/mol. The molecule has 3 aromatic carbocycles. The first-order valence-corrected chi connectivity index (χ1v) is 12.2. The van der Waals surface area contributed by atoms with Gasteiger partial charge in [-0.1, -0.05) is 42.1 Å². The minimum absolute atomic E-state index is 0.103. The molecule has 0 saturated carbocycles. The number of nitrogens with zero attached hydrogens (tertiary/aromatic N) is 4. The second-order valence-electron chi connectivity index (χ2n) is 7.73. The number of para-hydroxylation sites is 2. The van der Waals surface area contributed by atoms with Crippen LogP contribution in [0.25, 0.3) is 27.5 Å². The molecule has 9 nitrogen and oxygen atoms in total. The van der Waals surface area contributed by atoms with Crippen LogP contribution in [0.2, 0.25) is 0 Å². The number of thioether (sulfide) groups is 1. The van der Waals surface area contributed by atoms with Crippen LogP contribution < -0.4 is 10.3 Å². The maximum Gasteiger partial charge on any atom is 0.275 e. The third kappa shape index (κ3) is 4.58. The maximum atomic E-state index is 13.4. The molecule has 0 aliphatic heterocycles. The Morgan fingerprint density at radius 3 is 2.56 bits per heavy atom. The van der Waals surface area contributed by atoms with Crippen LogP contribution in [0.15, 0.2) is 93.0 Å². The predicted octanol–water partition coefficient (Wildman–Crippen LogP) is 5.37. The summed E-state index contributed by atoms with van der Waals surface area (Å²) in [6, 6.07) is 21.3. The first kappa shape index (κ1) is 23.3. The molecule has 0 aliphatic carbocycles. The average molecular weight is 500 g/mol. The zero-order chi connectivity index (χ0) is 25.1. The van der Waals surface area contributed by atoms with Gasteiger partial charge in [0.1, 0.15) is 5.75 Å². The first-order chi connectivity index (χ1) is 17.5. The molecule has 0 atom stereocenters. The Balaban J connectivity index is 1.44. The van der Waals surface area contributed by atoms with Crippen LogP contribution in [0.1, 0.15) is 6.92 Å². The maximum absolute atomic E-state index is 13.4. The summed E-state index contributed by atoms with van der Waals surface area (Å²) in [6.07, 6.45) is 0. The van der Waals surface area contributed by atoms with Gasteiger partial charge < -0.3 is 14.8 Å². The minimum Gasteiger partial charge on any atom is -0.494 e. The fraction of sp³-hybridized carbons (Fsp3) is 0.115. The highest BCUT2D eigenvalue weighted by Crippen LogP contribution is 2.35. The summed E-state index contributed by atoms with van der Waals surface area (Å²) < 4.78 is 6.97. The molecule has 180 valence electrons. The van der Waals surface area contributed by atoms with Crippen molar-refractivity contribution in [3.63, 3.8) is 0 Å². The number of azo groups is 1. The fourth-order valence-electron chi connectivity index (χ4n) is 3.77. The van der Waals surface area contributed by atoms with E-state index in [9.17, 15) is 14.7 Å². The van der Waals surface area contributed by atoms with Crippen molar-refractivity contribution in [2.45, 2.75) is 12.1 Å². The number of hydrogen-bond donors (Lipinski definition) is 2. The van der Waals surface area contributed by atoms with E-state index in [-0.39, 0.29) is 22.9 Å². The van der Waals surface area contributed by atoms with Gasteiger partial charge in [0.2, 0.25) is 5.88 Å². The van der Waals surface area contributed by atoms with E-state index in [0.717, 1.165) is 11.8 Å². The molecule has 1 amide bonds. The van der Waals surface area contributed by atoms with E-state index < -0.39 is 5.91 Å². The lowest BCUT2D eigenvalue weighted by molar-refractivity contribution is -0.115. The van der Waals surface area contributed by atoms with Crippen LogP contribution in [0.4, 0.5) is 5.69 Å². The van der Waals surface area contributed by atoms with Crippen molar-refractivity contribution in [1.82, 2.24) is 14.5 Å². The van der Waals surface area contributed by atoms with E-state index in [1.807, 2.05) is 13.0 Å². The summed E-state index contributed by atoms with van der Waals surface area (Å²) in [5.74, 6) is -0.117. The number of rotatable bonds is 7. The van der Waals surface area contributed by atoms with Gasteiger partial charge in [-0.2, -0.15) is 0 Å². The first-order valence-electron chi connectivity index (χ1n) is 11.2. The number of nitrogens with one attached hydrogen (secondary N) is 1. The Morgan fingerprint density at radius 1 is 1.06 bits per heavy atom. The summed E-state index contributed by atoms with van der Waals surface area (Å²) in [5.41, 5.74) is 1.77. The third-order valence-corrected chi connectivity index (χ3v) is 6.32. The normalized spacial score (nSPS) is 11.5. The molecule has 2 N–H and O–H groups in total. The van der Waals surface area contributed by atoms with Crippen LogP contribution in [0.3, 0.4) is 0 Å². The van der Waals surface area contributed by atoms with Crippen LogP contribution in [-0.4, -0.2) is 37.9 Å². The smallest absolute Gasteiger partial charge is 0.275 e. The number of H-pyrrole nitrogens is 1. The van der Waals surface area contributed by atoms with E-state index in [4.69, 9.17) is 4.74 Å². The standard InChI is InChI=1S/C26H21N5O4S/c1-2-35-17-13-11-16(12-14-17)31-25(34)19-8-4-6-10-21(19)28-26(31)36-15-22(32)29-30-23-18-7-3-5-9-20(18)27-24(23)33/h3-14,27,33H,2,15H2,1H3. The van der Waals surface area contributed by atoms with Crippen molar-refractivity contribution in [2.24, 2.45) is 10.2 Å². The molecule has 0 aliphatic rings. The molecule has 36 heavy (non-hydrogen) atoms. The van der Waals surface area contributed by atoms with E-state index >= 15 is 0 Å². The lowest BCUT2D eigenvalue weighted by Crippen LogP contribution is -2.22. The SMILES string of the molecule is CCOc1ccc(-n2c(SCC(=O)N=Nc3c(O)[nH]c4ccccc34)nc3ccccc3c2=O)cc1. The van der Waals surface area contributed by atoms with Crippen LogP contribution >= 0.6 is 11.8 Å². The minimum atomic E-state index is -0.537. The van der Waals surface area contributed by atoms with Crippen molar-refractivity contribution >= 4 is 45.2 Å². The van der Waals surface area contributed by atoms with Crippen LogP contribution in [0, 0.1) is 0 Å². The van der Waals surface area contributed by atoms with Gasteiger partial charge in [-0.15, -0.1) is 10.2 Å². The van der Waals surface area contributed by atoms with Crippen molar-refractivity contribution in [1.29, 1.82) is 0 Å². The summed E-state index contributed by atoms with van der Waals surface area (Å²) in [6.45, 7) is 2.43. The zero-order valence-electron chi connectivity index (χ0n) is 19.2. The van der Waals surface area contributed by atoms with Crippen molar-refractivity contribution in [2.75, 3.05) is 12.4 Å². The molecule has 0 unspecified atom stereocenters.